The van der Waals surface area contributed by atoms with Crippen LogP contribution in [0, 0.1) is 34.6 Å². The third-order valence-corrected chi connectivity index (χ3v) is 4.19. The highest BCUT2D eigenvalue weighted by atomic mass is 16.3. The van der Waals surface area contributed by atoms with Crippen LogP contribution in [0.3, 0.4) is 0 Å². The van der Waals surface area contributed by atoms with Crippen LogP contribution < -0.4 is 5.32 Å². The number of aryl methyl sites for hydroxylation is 5. The summed E-state index contributed by atoms with van der Waals surface area (Å²) >= 11 is 0. The van der Waals surface area contributed by atoms with Crippen molar-refractivity contribution in [2.45, 2.75) is 47.5 Å². The average molecular weight is 299 g/mol. The summed E-state index contributed by atoms with van der Waals surface area (Å²) in [5, 5.41) is 3.00. The van der Waals surface area contributed by atoms with Gasteiger partial charge < -0.3 is 9.73 Å². The van der Waals surface area contributed by atoms with Gasteiger partial charge in [-0.1, -0.05) is 23.8 Å². The van der Waals surface area contributed by atoms with Crippen molar-refractivity contribution >= 4 is 5.91 Å². The van der Waals surface area contributed by atoms with Crippen molar-refractivity contribution in [2.75, 3.05) is 6.54 Å². The molecule has 0 saturated carbocycles. The quantitative estimate of drug-likeness (QED) is 0.841. The first-order chi connectivity index (χ1) is 10.4. The highest BCUT2D eigenvalue weighted by Gasteiger charge is 2.17. The molecule has 0 unspecified atom stereocenters. The lowest BCUT2D eigenvalue weighted by molar-refractivity contribution is 0.0951. The molecule has 22 heavy (non-hydrogen) atoms. The fourth-order valence-electron chi connectivity index (χ4n) is 2.82. The van der Waals surface area contributed by atoms with Crippen LogP contribution in [0.15, 0.2) is 22.6 Å². The Morgan fingerprint density at radius 3 is 2.41 bits per heavy atom. The van der Waals surface area contributed by atoms with Crippen LogP contribution in [0.2, 0.25) is 0 Å². The highest BCUT2D eigenvalue weighted by molar-refractivity contribution is 5.96. The molecule has 0 aliphatic heterocycles. The molecule has 0 radical (unpaired) electrons. The van der Waals surface area contributed by atoms with Crippen molar-refractivity contribution < 1.29 is 9.21 Å². The maximum atomic E-state index is 12.3. The van der Waals surface area contributed by atoms with Gasteiger partial charge in [-0.05, 0) is 58.6 Å². The Bertz CT molecular complexity index is 683. The van der Waals surface area contributed by atoms with Gasteiger partial charge in [-0.3, -0.25) is 4.79 Å². The Hall–Kier alpha value is -2.03. The molecule has 1 aromatic carbocycles. The lowest BCUT2D eigenvalue weighted by Gasteiger charge is -2.08. The molecule has 0 saturated heterocycles. The number of hydrogen-bond acceptors (Lipinski definition) is 2. The van der Waals surface area contributed by atoms with E-state index in [-0.39, 0.29) is 5.91 Å². The van der Waals surface area contributed by atoms with E-state index in [1.54, 1.807) is 0 Å². The molecule has 0 fully saturated rings. The summed E-state index contributed by atoms with van der Waals surface area (Å²) < 4.78 is 5.51. The van der Waals surface area contributed by atoms with E-state index >= 15 is 0 Å². The van der Waals surface area contributed by atoms with Crippen molar-refractivity contribution in [1.29, 1.82) is 0 Å². The normalized spacial score (nSPS) is 10.8. The second-order valence-corrected chi connectivity index (χ2v) is 6.00. The number of amides is 1. The molecule has 3 nitrogen and oxygen atoms in total. The van der Waals surface area contributed by atoms with Gasteiger partial charge in [0.25, 0.3) is 5.91 Å². The van der Waals surface area contributed by atoms with Gasteiger partial charge in [0.1, 0.15) is 11.5 Å². The second-order valence-electron chi connectivity index (χ2n) is 6.00. The third kappa shape index (κ3) is 3.59. The van der Waals surface area contributed by atoms with Crippen LogP contribution >= 0.6 is 0 Å². The summed E-state index contributed by atoms with van der Waals surface area (Å²) in [5.74, 6) is 1.48. The molecule has 1 aromatic heterocycles. The molecule has 0 aliphatic carbocycles. The molecule has 1 heterocycles. The van der Waals surface area contributed by atoms with E-state index in [4.69, 9.17) is 4.42 Å². The lowest BCUT2D eigenvalue weighted by Crippen LogP contribution is -2.25. The zero-order valence-corrected chi connectivity index (χ0v) is 14.2. The minimum Gasteiger partial charge on any atom is -0.466 e. The average Bonchev–Trinajstić information content (AvgIpc) is 2.70. The Morgan fingerprint density at radius 1 is 1.09 bits per heavy atom. The molecule has 1 N–H and O–H groups in total. The van der Waals surface area contributed by atoms with Gasteiger partial charge in [0.05, 0.1) is 5.56 Å². The minimum atomic E-state index is -0.0347. The van der Waals surface area contributed by atoms with E-state index in [9.17, 15) is 4.79 Å². The molecular formula is C19H25NO2. The summed E-state index contributed by atoms with van der Waals surface area (Å²) in [6.45, 7) is 10.6. The maximum Gasteiger partial charge on any atom is 0.255 e. The molecule has 2 rings (SSSR count). The summed E-state index contributed by atoms with van der Waals surface area (Å²) in [5.41, 5.74) is 5.58. The van der Waals surface area contributed by atoms with Crippen molar-refractivity contribution in [3.05, 3.63) is 57.5 Å². The van der Waals surface area contributed by atoms with Crippen molar-refractivity contribution in [3.8, 4) is 0 Å². The fraction of sp³-hybridized carbons (Fsp3) is 0.421. The summed E-state index contributed by atoms with van der Waals surface area (Å²) in [4.78, 5) is 12.3. The van der Waals surface area contributed by atoms with E-state index in [1.807, 2.05) is 20.8 Å². The first-order valence-electron chi connectivity index (χ1n) is 7.81. The molecule has 3 heteroatoms. The SMILES string of the molecule is Cc1ccc(CCCNC(=O)c2c(C)oc(C)c2C)c(C)c1. The Labute approximate surface area is 132 Å². The number of carbonyl (C=O) groups is 1. The number of rotatable bonds is 5. The molecule has 1 amide bonds. The molecular weight excluding hydrogens is 274 g/mol. The summed E-state index contributed by atoms with van der Waals surface area (Å²) in [7, 11) is 0. The van der Waals surface area contributed by atoms with E-state index in [0.717, 1.165) is 24.2 Å². The van der Waals surface area contributed by atoms with Gasteiger partial charge >= 0.3 is 0 Å². The Morgan fingerprint density at radius 2 is 1.82 bits per heavy atom. The summed E-state index contributed by atoms with van der Waals surface area (Å²) in [6.07, 6.45) is 1.92. The number of hydrogen-bond donors (Lipinski definition) is 1. The smallest absolute Gasteiger partial charge is 0.255 e. The largest absolute Gasteiger partial charge is 0.466 e. The fourth-order valence-corrected chi connectivity index (χ4v) is 2.82. The van der Waals surface area contributed by atoms with Crippen molar-refractivity contribution in [3.63, 3.8) is 0 Å². The molecule has 0 spiro atoms. The van der Waals surface area contributed by atoms with Gasteiger partial charge in [-0.2, -0.15) is 0 Å². The topological polar surface area (TPSA) is 42.2 Å². The summed E-state index contributed by atoms with van der Waals surface area (Å²) in [6, 6.07) is 6.52. The first-order valence-corrected chi connectivity index (χ1v) is 7.81. The van der Waals surface area contributed by atoms with Crippen LogP contribution in [0.5, 0.6) is 0 Å². The van der Waals surface area contributed by atoms with Crippen molar-refractivity contribution in [1.82, 2.24) is 5.32 Å². The van der Waals surface area contributed by atoms with Crippen LogP contribution in [-0.4, -0.2) is 12.5 Å². The van der Waals surface area contributed by atoms with Gasteiger partial charge in [0.2, 0.25) is 0 Å². The van der Waals surface area contributed by atoms with Crippen LogP contribution in [0.4, 0.5) is 0 Å². The number of furan rings is 1. The molecule has 0 bridgehead atoms. The predicted molar refractivity (Wildman–Crippen MR) is 89.5 cm³/mol. The van der Waals surface area contributed by atoms with Crippen LogP contribution in [0.25, 0.3) is 0 Å². The lowest BCUT2D eigenvalue weighted by atomic mass is 10.0. The number of carbonyl (C=O) groups excluding carboxylic acids is 1. The zero-order chi connectivity index (χ0) is 16.3. The van der Waals surface area contributed by atoms with E-state index < -0.39 is 0 Å². The molecule has 0 atom stereocenters. The predicted octanol–water partition coefficient (Wildman–Crippen LogP) is 4.18. The van der Waals surface area contributed by atoms with Gasteiger partial charge in [-0.25, -0.2) is 0 Å². The van der Waals surface area contributed by atoms with Crippen molar-refractivity contribution in [2.24, 2.45) is 0 Å². The monoisotopic (exact) mass is 299 g/mol. The van der Waals surface area contributed by atoms with Crippen LogP contribution in [0.1, 0.15) is 50.6 Å². The maximum absolute atomic E-state index is 12.3. The first kappa shape index (κ1) is 16.3. The zero-order valence-electron chi connectivity index (χ0n) is 14.2. The third-order valence-electron chi connectivity index (χ3n) is 4.19. The minimum absolute atomic E-state index is 0.0347. The highest BCUT2D eigenvalue weighted by Crippen LogP contribution is 2.20. The molecule has 0 aliphatic rings. The number of nitrogens with one attached hydrogen (secondary N) is 1. The van der Waals surface area contributed by atoms with E-state index in [2.05, 4.69) is 37.4 Å². The Kier molecular flexibility index (Phi) is 5.07. The molecule has 118 valence electrons. The van der Waals surface area contributed by atoms with Gasteiger partial charge in [0, 0.05) is 12.1 Å². The molecule has 2 aromatic rings. The van der Waals surface area contributed by atoms with E-state index in [0.29, 0.717) is 17.9 Å². The van der Waals surface area contributed by atoms with Crippen LogP contribution in [-0.2, 0) is 6.42 Å². The van der Waals surface area contributed by atoms with Gasteiger partial charge in [0.15, 0.2) is 0 Å². The Balaban J connectivity index is 1.87. The standard InChI is InChI=1S/C19H25NO2/c1-12-8-9-17(13(2)11-12)7-6-10-20-19(21)18-14(3)15(4)22-16(18)5/h8-9,11H,6-7,10H2,1-5H3,(H,20,21). The number of benzene rings is 1. The van der Waals surface area contributed by atoms with E-state index in [1.165, 1.54) is 16.7 Å². The second kappa shape index (κ2) is 6.82. The van der Waals surface area contributed by atoms with Gasteiger partial charge in [-0.15, -0.1) is 0 Å².